The number of nitrogens with one attached hydrogen (secondary N) is 2. The van der Waals surface area contributed by atoms with Gasteiger partial charge in [-0.05, 0) is 34.6 Å². The van der Waals surface area contributed by atoms with Crippen LogP contribution in [-0.4, -0.2) is 41.8 Å². The number of alkyl carbamates (subject to hydrolysis) is 1. The predicted octanol–water partition coefficient (Wildman–Crippen LogP) is 4.31. The van der Waals surface area contributed by atoms with Crippen molar-refractivity contribution < 1.29 is 24.2 Å². The lowest BCUT2D eigenvalue weighted by molar-refractivity contribution is -0.142. The van der Waals surface area contributed by atoms with E-state index in [-0.39, 0.29) is 18.4 Å². The highest BCUT2D eigenvalue weighted by molar-refractivity contribution is 5.89. The number of carbonyl (C=O) groups is 3. The summed E-state index contributed by atoms with van der Waals surface area (Å²) in [5, 5.41) is 14.6. The van der Waals surface area contributed by atoms with Crippen LogP contribution in [0.4, 0.5) is 4.79 Å². The Kier molecular flexibility index (Phi) is 8.09. The molecule has 2 atom stereocenters. The van der Waals surface area contributed by atoms with E-state index in [2.05, 4.69) is 22.8 Å². The molecule has 1 aliphatic rings. The van der Waals surface area contributed by atoms with Crippen molar-refractivity contribution in [1.82, 2.24) is 10.6 Å². The molecule has 3 rings (SSSR count). The largest absolute Gasteiger partial charge is 0.480 e. The number of benzene rings is 2. The molecule has 0 radical (unpaired) electrons. The molecule has 7 heteroatoms. The number of unbranched alkanes of at least 4 members (excludes halogenated alkanes) is 1. The number of carboxylic acid groups (broad SMARTS) is 1. The number of carboxylic acids is 1. The van der Waals surface area contributed by atoms with Crippen molar-refractivity contribution >= 4 is 18.0 Å². The summed E-state index contributed by atoms with van der Waals surface area (Å²) in [4.78, 5) is 36.8. The van der Waals surface area contributed by atoms with E-state index in [0.717, 1.165) is 28.7 Å². The van der Waals surface area contributed by atoms with E-state index in [1.165, 1.54) is 0 Å². The Balaban J connectivity index is 1.64. The van der Waals surface area contributed by atoms with Crippen molar-refractivity contribution in [1.29, 1.82) is 0 Å². The fourth-order valence-electron chi connectivity index (χ4n) is 4.23. The van der Waals surface area contributed by atoms with Gasteiger partial charge < -0.3 is 20.5 Å². The summed E-state index contributed by atoms with van der Waals surface area (Å²) in [7, 11) is 0. The van der Waals surface area contributed by atoms with Crippen molar-refractivity contribution in [3.05, 3.63) is 59.7 Å². The minimum atomic E-state index is -1.08. The van der Waals surface area contributed by atoms with Crippen LogP contribution in [0.3, 0.4) is 0 Å². The Labute approximate surface area is 194 Å². The molecule has 0 aliphatic heterocycles. The molecule has 2 amide bonds. The van der Waals surface area contributed by atoms with E-state index in [1.807, 2.05) is 43.3 Å². The third kappa shape index (κ3) is 5.72. The zero-order valence-electron chi connectivity index (χ0n) is 19.3. The maximum atomic E-state index is 12.7. The first-order chi connectivity index (χ1) is 15.8. The molecular formula is C26H32N2O5. The Morgan fingerprint density at radius 1 is 0.970 bits per heavy atom. The van der Waals surface area contributed by atoms with Gasteiger partial charge >= 0.3 is 12.1 Å². The van der Waals surface area contributed by atoms with Crippen LogP contribution in [0.1, 0.15) is 57.1 Å². The fraction of sp³-hybridized carbons (Fsp3) is 0.423. The molecule has 1 aliphatic carbocycles. The smallest absolute Gasteiger partial charge is 0.407 e. The van der Waals surface area contributed by atoms with E-state index < -0.39 is 30.1 Å². The summed E-state index contributed by atoms with van der Waals surface area (Å²) in [5.41, 5.74) is 4.47. The minimum Gasteiger partial charge on any atom is -0.480 e. The van der Waals surface area contributed by atoms with Gasteiger partial charge in [-0.25, -0.2) is 9.59 Å². The van der Waals surface area contributed by atoms with Gasteiger partial charge in [-0.3, -0.25) is 4.79 Å². The predicted molar refractivity (Wildman–Crippen MR) is 126 cm³/mol. The molecule has 7 nitrogen and oxygen atoms in total. The standard InChI is InChI=1S/C26H32N2O5/c1-4-5-14-22(25(30)31)27-24(29)23(16(2)3)28-26(32)33-15-21-19-12-8-6-10-17(19)18-11-7-9-13-20(18)21/h6-13,16,21-23H,4-5,14-15H2,1-3H3,(H,27,29)(H,28,32)(H,30,31)/t22-,23+/m0/s1. The molecule has 0 unspecified atom stereocenters. The average molecular weight is 453 g/mol. The lowest BCUT2D eigenvalue weighted by atomic mass is 9.98. The first-order valence-corrected chi connectivity index (χ1v) is 11.5. The number of amides is 2. The number of carbonyl (C=O) groups excluding carboxylic acids is 2. The highest BCUT2D eigenvalue weighted by Gasteiger charge is 2.31. The van der Waals surface area contributed by atoms with E-state index in [9.17, 15) is 19.5 Å². The van der Waals surface area contributed by atoms with Crippen LogP contribution < -0.4 is 10.6 Å². The maximum absolute atomic E-state index is 12.7. The Hall–Kier alpha value is -3.35. The van der Waals surface area contributed by atoms with Crippen molar-refractivity contribution in [3.63, 3.8) is 0 Å². The van der Waals surface area contributed by atoms with E-state index in [4.69, 9.17) is 4.74 Å². The molecule has 3 N–H and O–H groups in total. The number of ether oxygens (including phenoxy) is 1. The van der Waals surface area contributed by atoms with Crippen LogP contribution in [0, 0.1) is 5.92 Å². The van der Waals surface area contributed by atoms with Crippen molar-refractivity contribution in [2.24, 2.45) is 5.92 Å². The van der Waals surface area contributed by atoms with Gasteiger partial charge in [0.05, 0.1) is 0 Å². The van der Waals surface area contributed by atoms with Gasteiger partial charge in [-0.1, -0.05) is 82.1 Å². The van der Waals surface area contributed by atoms with Crippen LogP contribution in [0.2, 0.25) is 0 Å². The lowest BCUT2D eigenvalue weighted by Gasteiger charge is -2.24. The quantitative estimate of drug-likeness (QED) is 0.498. The van der Waals surface area contributed by atoms with Gasteiger partial charge in [-0.15, -0.1) is 0 Å². The molecule has 33 heavy (non-hydrogen) atoms. The molecular weight excluding hydrogens is 420 g/mol. The maximum Gasteiger partial charge on any atom is 0.407 e. The summed E-state index contributed by atoms with van der Waals surface area (Å²) in [6.45, 7) is 5.67. The van der Waals surface area contributed by atoms with Gasteiger partial charge in [0.1, 0.15) is 18.7 Å². The van der Waals surface area contributed by atoms with Gasteiger partial charge in [0.25, 0.3) is 0 Å². The molecule has 0 bridgehead atoms. The highest BCUT2D eigenvalue weighted by Crippen LogP contribution is 2.44. The first kappa shape index (κ1) is 24.3. The topological polar surface area (TPSA) is 105 Å². The molecule has 0 saturated heterocycles. The van der Waals surface area contributed by atoms with Gasteiger partial charge in [-0.2, -0.15) is 0 Å². The van der Waals surface area contributed by atoms with Crippen molar-refractivity contribution in [2.45, 2.75) is 58.0 Å². The van der Waals surface area contributed by atoms with Gasteiger partial charge in [0.15, 0.2) is 0 Å². The van der Waals surface area contributed by atoms with Crippen molar-refractivity contribution in [3.8, 4) is 11.1 Å². The number of hydrogen-bond donors (Lipinski definition) is 3. The second-order valence-electron chi connectivity index (χ2n) is 8.73. The fourth-order valence-corrected chi connectivity index (χ4v) is 4.23. The molecule has 0 heterocycles. The number of aliphatic carboxylic acids is 1. The molecule has 0 aromatic heterocycles. The van der Waals surface area contributed by atoms with Crippen LogP contribution in [-0.2, 0) is 14.3 Å². The minimum absolute atomic E-state index is 0.0834. The number of fused-ring (bicyclic) bond motifs is 3. The number of hydrogen-bond acceptors (Lipinski definition) is 4. The summed E-state index contributed by atoms with van der Waals surface area (Å²) in [6, 6.07) is 14.2. The summed E-state index contributed by atoms with van der Waals surface area (Å²) >= 11 is 0. The SMILES string of the molecule is CCCC[C@H](NC(=O)[C@H](NC(=O)OCC1c2ccccc2-c2ccccc21)C(C)C)C(=O)O. The third-order valence-electron chi connectivity index (χ3n) is 6.03. The zero-order valence-corrected chi connectivity index (χ0v) is 19.3. The first-order valence-electron chi connectivity index (χ1n) is 11.5. The normalized spacial score (nSPS) is 14.2. The molecule has 0 saturated carbocycles. The summed E-state index contributed by atoms with van der Waals surface area (Å²) < 4.78 is 5.54. The number of rotatable bonds is 10. The highest BCUT2D eigenvalue weighted by atomic mass is 16.5. The molecule has 2 aromatic rings. The monoisotopic (exact) mass is 452 g/mol. The lowest BCUT2D eigenvalue weighted by Crippen LogP contribution is -2.53. The van der Waals surface area contributed by atoms with Gasteiger partial charge in [0, 0.05) is 5.92 Å². The summed E-state index contributed by atoms with van der Waals surface area (Å²) in [5.74, 6) is -1.94. The van der Waals surface area contributed by atoms with E-state index in [0.29, 0.717) is 12.8 Å². The second-order valence-corrected chi connectivity index (χ2v) is 8.73. The van der Waals surface area contributed by atoms with E-state index in [1.54, 1.807) is 13.8 Å². The van der Waals surface area contributed by atoms with Gasteiger partial charge in [0.2, 0.25) is 5.91 Å². The zero-order chi connectivity index (χ0) is 24.0. The van der Waals surface area contributed by atoms with Crippen LogP contribution in [0.5, 0.6) is 0 Å². The Bertz CT molecular complexity index is 958. The average Bonchev–Trinajstić information content (AvgIpc) is 3.12. The molecule has 176 valence electrons. The summed E-state index contributed by atoms with van der Waals surface area (Å²) in [6.07, 6.45) is 1.15. The molecule has 2 aromatic carbocycles. The van der Waals surface area contributed by atoms with Crippen LogP contribution in [0.15, 0.2) is 48.5 Å². The third-order valence-corrected chi connectivity index (χ3v) is 6.03. The van der Waals surface area contributed by atoms with Crippen molar-refractivity contribution in [2.75, 3.05) is 6.61 Å². The molecule has 0 fully saturated rings. The van der Waals surface area contributed by atoms with E-state index >= 15 is 0 Å². The van der Waals surface area contributed by atoms with Crippen LogP contribution in [0.25, 0.3) is 11.1 Å². The van der Waals surface area contributed by atoms with Crippen LogP contribution >= 0.6 is 0 Å². The second kappa shape index (κ2) is 11.0. The molecule has 0 spiro atoms. The Morgan fingerprint density at radius 3 is 2.06 bits per heavy atom. The Morgan fingerprint density at radius 2 is 1.55 bits per heavy atom.